The number of benzene rings is 1. The summed E-state index contributed by atoms with van der Waals surface area (Å²) in [4.78, 5) is 12.2. The van der Waals surface area contributed by atoms with Crippen molar-refractivity contribution >= 4 is 15.9 Å². The third kappa shape index (κ3) is 6.20. The number of hydrogen-bond acceptors (Lipinski definition) is 5. The first-order valence-corrected chi connectivity index (χ1v) is 9.48. The quantitative estimate of drug-likeness (QED) is 0.575. The van der Waals surface area contributed by atoms with Gasteiger partial charge in [-0.05, 0) is 37.5 Å². The maximum absolute atomic E-state index is 12.2. The summed E-state index contributed by atoms with van der Waals surface area (Å²) in [7, 11) is -1.94. The van der Waals surface area contributed by atoms with E-state index >= 15 is 0 Å². The summed E-state index contributed by atoms with van der Waals surface area (Å²) in [5.41, 5.74) is 0.328. The Morgan fingerprint density at radius 1 is 1.25 bits per heavy atom. The van der Waals surface area contributed by atoms with E-state index in [1.165, 1.54) is 12.1 Å². The van der Waals surface area contributed by atoms with E-state index in [4.69, 9.17) is 9.47 Å². The van der Waals surface area contributed by atoms with Gasteiger partial charge in [0.05, 0.1) is 18.1 Å². The van der Waals surface area contributed by atoms with Crippen molar-refractivity contribution in [2.45, 2.75) is 30.2 Å². The van der Waals surface area contributed by atoms with Crippen LogP contribution in [0.15, 0.2) is 29.2 Å². The molecule has 0 spiro atoms. The molecule has 1 aromatic rings. The number of rotatable bonds is 11. The maximum Gasteiger partial charge on any atom is 0.251 e. The van der Waals surface area contributed by atoms with Crippen LogP contribution in [0.1, 0.15) is 29.6 Å². The van der Waals surface area contributed by atoms with Gasteiger partial charge in [0.1, 0.15) is 0 Å². The molecule has 0 saturated heterocycles. The Labute approximate surface area is 142 Å². The fourth-order valence-corrected chi connectivity index (χ4v) is 3.37. The molecule has 0 unspecified atom stereocenters. The minimum Gasteiger partial charge on any atom is -0.382 e. The monoisotopic (exact) mass is 356 g/mol. The van der Waals surface area contributed by atoms with Crippen LogP contribution in [0, 0.1) is 0 Å². The van der Waals surface area contributed by atoms with Crippen molar-refractivity contribution in [3.63, 3.8) is 0 Å². The van der Waals surface area contributed by atoms with Gasteiger partial charge < -0.3 is 14.8 Å². The molecular weight excluding hydrogens is 332 g/mol. The number of hydrogen-bond donors (Lipinski definition) is 2. The lowest BCUT2D eigenvalue weighted by atomic mass is 10.2. The lowest BCUT2D eigenvalue weighted by Crippen LogP contribution is -2.27. The molecule has 2 rings (SSSR count). The minimum absolute atomic E-state index is 0.0330. The second kappa shape index (κ2) is 9.12. The normalized spacial score (nSPS) is 14.5. The van der Waals surface area contributed by atoms with Crippen LogP contribution >= 0.6 is 0 Å². The predicted molar refractivity (Wildman–Crippen MR) is 89.4 cm³/mol. The highest BCUT2D eigenvalue weighted by molar-refractivity contribution is 7.89. The topological polar surface area (TPSA) is 93.7 Å². The minimum atomic E-state index is -3.55. The third-order valence-electron chi connectivity index (χ3n) is 3.49. The molecule has 1 fully saturated rings. The van der Waals surface area contributed by atoms with Crippen LogP contribution in [0.3, 0.4) is 0 Å². The fourth-order valence-electron chi connectivity index (χ4n) is 2.02. The molecule has 8 heteroatoms. The first-order chi connectivity index (χ1) is 11.5. The fraction of sp³-hybridized carbons (Fsp3) is 0.562. The Balaban J connectivity index is 1.81. The molecule has 134 valence electrons. The first-order valence-electron chi connectivity index (χ1n) is 8.00. The summed E-state index contributed by atoms with van der Waals surface area (Å²) < 4.78 is 37.1. The molecule has 1 saturated carbocycles. The molecule has 1 aliphatic carbocycles. The number of carbonyl (C=O) groups excluding carboxylic acids is 1. The van der Waals surface area contributed by atoms with E-state index < -0.39 is 10.0 Å². The van der Waals surface area contributed by atoms with Crippen molar-refractivity contribution in [1.29, 1.82) is 0 Å². The Morgan fingerprint density at radius 3 is 2.75 bits per heavy atom. The van der Waals surface area contributed by atoms with Gasteiger partial charge in [-0.25, -0.2) is 13.1 Å². The molecule has 2 N–H and O–H groups in total. The molecule has 24 heavy (non-hydrogen) atoms. The van der Waals surface area contributed by atoms with Gasteiger partial charge in [-0.1, -0.05) is 6.07 Å². The van der Waals surface area contributed by atoms with Crippen molar-refractivity contribution in [2.75, 3.05) is 33.5 Å². The van der Waals surface area contributed by atoms with Gasteiger partial charge in [-0.15, -0.1) is 0 Å². The van der Waals surface area contributed by atoms with Gasteiger partial charge in [0, 0.05) is 31.9 Å². The molecule has 0 radical (unpaired) electrons. The average molecular weight is 356 g/mol. The summed E-state index contributed by atoms with van der Waals surface area (Å²) >= 11 is 0. The number of methoxy groups -OCH3 is 1. The Kier molecular flexibility index (Phi) is 7.16. The van der Waals surface area contributed by atoms with Crippen LogP contribution in [0.4, 0.5) is 0 Å². The Bertz CT molecular complexity index is 644. The van der Waals surface area contributed by atoms with E-state index in [0.717, 1.165) is 12.8 Å². The number of ether oxygens (including phenoxy) is 2. The van der Waals surface area contributed by atoms with E-state index in [1.807, 2.05) is 0 Å². The van der Waals surface area contributed by atoms with Gasteiger partial charge in [0.15, 0.2) is 0 Å². The van der Waals surface area contributed by atoms with Crippen LogP contribution in [-0.4, -0.2) is 53.8 Å². The Morgan fingerprint density at radius 2 is 2.04 bits per heavy atom. The van der Waals surface area contributed by atoms with Crippen LogP contribution in [-0.2, 0) is 19.5 Å². The zero-order valence-electron chi connectivity index (χ0n) is 13.8. The van der Waals surface area contributed by atoms with E-state index in [2.05, 4.69) is 10.0 Å². The molecule has 1 aromatic carbocycles. The maximum atomic E-state index is 12.2. The van der Waals surface area contributed by atoms with Crippen LogP contribution in [0.2, 0.25) is 0 Å². The zero-order chi connectivity index (χ0) is 17.4. The summed E-state index contributed by atoms with van der Waals surface area (Å²) in [5.74, 6) is -0.296. The average Bonchev–Trinajstić information content (AvgIpc) is 3.37. The lowest BCUT2D eigenvalue weighted by Gasteiger charge is -2.09. The second-order valence-electron chi connectivity index (χ2n) is 5.64. The molecular formula is C16H24N2O5S. The molecule has 0 bridgehead atoms. The van der Waals surface area contributed by atoms with Crippen molar-refractivity contribution in [3.05, 3.63) is 29.8 Å². The number of amides is 1. The van der Waals surface area contributed by atoms with Crippen molar-refractivity contribution in [3.8, 4) is 0 Å². The second-order valence-corrected chi connectivity index (χ2v) is 7.35. The molecule has 1 amide bonds. The van der Waals surface area contributed by atoms with Crippen molar-refractivity contribution < 1.29 is 22.7 Å². The highest BCUT2D eigenvalue weighted by Crippen LogP contribution is 2.22. The summed E-state index contributed by atoms with van der Waals surface area (Å²) in [6.45, 7) is 2.06. The van der Waals surface area contributed by atoms with E-state index in [9.17, 15) is 13.2 Å². The molecule has 0 aromatic heterocycles. The number of nitrogens with one attached hydrogen (secondary N) is 2. The van der Waals surface area contributed by atoms with Gasteiger partial charge in [-0.2, -0.15) is 0 Å². The number of sulfonamides is 1. The lowest BCUT2D eigenvalue weighted by molar-refractivity contribution is 0.0688. The largest absolute Gasteiger partial charge is 0.382 e. The predicted octanol–water partition coefficient (Wildman–Crippen LogP) is 0.910. The molecule has 0 heterocycles. The number of carbonyl (C=O) groups is 1. The van der Waals surface area contributed by atoms with E-state index in [0.29, 0.717) is 38.3 Å². The highest BCUT2D eigenvalue weighted by Gasteiger charge is 2.28. The van der Waals surface area contributed by atoms with Crippen molar-refractivity contribution in [2.24, 2.45) is 0 Å². The molecule has 1 aliphatic rings. The summed E-state index contributed by atoms with van der Waals surface area (Å²) in [6, 6.07) is 6.09. The zero-order valence-corrected chi connectivity index (χ0v) is 14.6. The van der Waals surface area contributed by atoms with Gasteiger partial charge in [-0.3, -0.25) is 4.79 Å². The Hall–Kier alpha value is -1.48. The van der Waals surface area contributed by atoms with Crippen LogP contribution in [0.5, 0.6) is 0 Å². The van der Waals surface area contributed by atoms with Crippen LogP contribution < -0.4 is 10.0 Å². The van der Waals surface area contributed by atoms with Gasteiger partial charge in [0.25, 0.3) is 5.91 Å². The van der Waals surface area contributed by atoms with Crippen molar-refractivity contribution in [1.82, 2.24) is 10.0 Å². The standard InChI is InChI=1S/C16H24N2O5S/c1-22-10-11-23-9-3-8-17-16(19)13-4-2-5-15(12-13)24(20,21)18-14-6-7-14/h2,4-5,12,14,18H,3,6-11H2,1H3,(H,17,19). The molecule has 7 nitrogen and oxygen atoms in total. The smallest absolute Gasteiger partial charge is 0.251 e. The molecule has 0 atom stereocenters. The SMILES string of the molecule is COCCOCCCNC(=O)c1cccc(S(=O)(=O)NC2CC2)c1. The first kappa shape index (κ1) is 18.9. The van der Waals surface area contributed by atoms with Gasteiger partial charge >= 0.3 is 0 Å². The van der Waals surface area contributed by atoms with E-state index in [1.54, 1.807) is 19.2 Å². The molecule has 0 aliphatic heterocycles. The summed E-state index contributed by atoms with van der Waals surface area (Å²) in [6.07, 6.45) is 2.41. The van der Waals surface area contributed by atoms with Gasteiger partial charge in [0.2, 0.25) is 10.0 Å². The highest BCUT2D eigenvalue weighted by atomic mass is 32.2. The third-order valence-corrected chi connectivity index (χ3v) is 5.01. The van der Waals surface area contributed by atoms with Crippen LogP contribution in [0.25, 0.3) is 0 Å². The van der Waals surface area contributed by atoms with E-state index in [-0.39, 0.29) is 16.8 Å². The summed E-state index contributed by atoms with van der Waals surface area (Å²) in [5, 5.41) is 2.76.